The second-order valence-corrected chi connectivity index (χ2v) is 5.59. The molecule has 0 unspecified atom stereocenters. The van der Waals surface area contributed by atoms with Crippen molar-refractivity contribution >= 4 is 27.5 Å². The minimum absolute atomic E-state index is 0.181. The number of nitrogens with one attached hydrogen (secondary N) is 1. The van der Waals surface area contributed by atoms with Gasteiger partial charge < -0.3 is 5.32 Å². The van der Waals surface area contributed by atoms with Crippen LogP contribution in [0.3, 0.4) is 0 Å². The molecule has 1 heterocycles. The van der Waals surface area contributed by atoms with E-state index >= 15 is 0 Å². The van der Waals surface area contributed by atoms with Gasteiger partial charge in [0.05, 0.1) is 16.9 Å². The first kappa shape index (κ1) is 14.5. The first-order chi connectivity index (χ1) is 10.7. The molecule has 1 aromatic heterocycles. The number of para-hydroxylation sites is 1. The van der Waals surface area contributed by atoms with Crippen LogP contribution in [-0.2, 0) is 0 Å². The van der Waals surface area contributed by atoms with Crippen LogP contribution < -0.4 is 5.32 Å². The summed E-state index contributed by atoms with van der Waals surface area (Å²) in [5.41, 5.74) is 3.13. The summed E-state index contributed by atoms with van der Waals surface area (Å²) in [7, 11) is 0. The molecule has 2 aromatic carbocycles. The van der Waals surface area contributed by atoms with Crippen LogP contribution in [-0.4, -0.2) is 10.9 Å². The second-order valence-electron chi connectivity index (χ2n) is 4.73. The Morgan fingerprint density at radius 3 is 2.32 bits per heavy atom. The fourth-order valence-electron chi connectivity index (χ4n) is 2.06. The summed E-state index contributed by atoms with van der Waals surface area (Å²) in [6.45, 7) is 0. The van der Waals surface area contributed by atoms with E-state index in [2.05, 4.69) is 26.2 Å². The van der Waals surface area contributed by atoms with Crippen molar-refractivity contribution in [3.05, 3.63) is 83.0 Å². The number of carbonyl (C=O) groups excluding carboxylic acids is 1. The maximum Gasteiger partial charge on any atom is 0.257 e. The summed E-state index contributed by atoms with van der Waals surface area (Å²) < 4.78 is 0.845. The quantitative estimate of drug-likeness (QED) is 0.737. The van der Waals surface area contributed by atoms with Crippen LogP contribution in [0.2, 0.25) is 0 Å². The molecule has 3 nitrogen and oxygen atoms in total. The Morgan fingerprint density at radius 2 is 1.64 bits per heavy atom. The second kappa shape index (κ2) is 6.54. The average molecular weight is 353 g/mol. The lowest BCUT2D eigenvalue weighted by Crippen LogP contribution is -2.12. The molecule has 0 bridgehead atoms. The number of halogens is 1. The van der Waals surface area contributed by atoms with E-state index in [9.17, 15) is 4.79 Å². The van der Waals surface area contributed by atoms with Gasteiger partial charge in [-0.3, -0.25) is 9.78 Å². The molecule has 22 heavy (non-hydrogen) atoms. The Balaban J connectivity index is 1.78. The van der Waals surface area contributed by atoms with Crippen molar-refractivity contribution in [2.45, 2.75) is 0 Å². The predicted octanol–water partition coefficient (Wildman–Crippen LogP) is 4.76. The van der Waals surface area contributed by atoms with Gasteiger partial charge in [0, 0.05) is 16.2 Å². The minimum atomic E-state index is -0.181. The maximum absolute atomic E-state index is 12.2. The molecular weight excluding hydrogens is 340 g/mol. The molecule has 0 aliphatic heterocycles. The third-order valence-electron chi connectivity index (χ3n) is 3.22. The normalized spacial score (nSPS) is 10.2. The van der Waals surface area contributed by atoms with E-state index in [1.54, 1.807) is 12.3 Å². The highest BCUT2D eigenvalue weighted by Crippen LogP contribution is 2.22. The molecule has 0 radical (unpaired) electrons. The zero-order valence-electron chi connectivity index (χ0n) is 11.7. The molecule has 1 amide bonds. The highest BCUT2D eigenvalue weighted by Gasteiger charge is 2.09. The molecule has 0 saturated carbocycles. The lowest BCUT2D eigenvalue weighted by molar-refractivity contribution is 0.102. The van der Waals surface area contributed by atoms with Gasteiger partial charge in [0.1, 0.15) is 0 Å². The molecular formula is C18H13BrN2O. The van der Waals surface area contributed by atoms with Gasteiger partial charge in [-0.15, -0.1) is 0 Å². The van der Waals surface area contributed by atoms with Crippen molar-refractivity contribution in [2.75, 3.05) is 5.32 Å². The van der Waals surface area contributed by atoms with Crippen LogP contribution >= 0.6 is 15.9 Å². The van der Waals surface area contributed by atoms with Gasteiger partial charge in [-0.2, -0.15) is 0 Å². The van der Waals surface area contributed by atoms with E-state index in [1.165, 1.54) is 0 Å². The first-order valence-electron chi connectivity index (χ1n) is 6.81. The summed E-state index contributed by atoms with van der Waals surface area (Å²) in [6.07, 6.45) is 1.59. The maximum atomic E-state index is 12.2. The highest BCUT2D eigenvalue weighted by molar-refractivity contribution is 9.10. The Bertz CT molecular complexity index is 786. The zero-order valence-corrected chi connectivity index (χ0v) is 13.2. The van der Waals surface area contributed by atoms with Crippen LogP contribution in [0.5, 0.6) is 0 Å². The average Bonchev–Trinajstić information content (AvgIpc) is 2.58. The number of aromatic nitrogens is 1. The topological polar surface area (TPSA) is 42.0 Å². The van der Waals surface area contributed by atoms with Crippen molar-refractivity contribution in [3.63, 3.8) is 0 Å². The number of amides is 1. The van der Waals surface area contributed by atoms with Gasteiger partial charge in [0.25, 0.3) is 5.91 Å². The summed E-state index contributed by atoms with van der Waals surface area (Å²) in [6, 6.07) is 21.0. The molecule has 0 aliphatic carbocycles. The fourth-order valence-corrected chi connectivity index (χ4v) is 2.45. The Labute approximate surface area is 137 Å². The molecule has 0 saturated heterocycles. The van der Waals surface area contributed by atoms with Crippen LogP contribution in [0, 0.1) is 0 Å². The standard InChI is InChI=1S/C18H13BrN2O/c19-15-8-4-5-9-17(15)21-18(22)14-10-11-16(20-12-14)13-6-2-1-3-7-13/h1-12H,(H,21,22). The van der Waals surface area contributed by atoms with Crippen molar-refractivity contribution < 1.29 is 4.79 Å². The summed E-state index contributed by atoms with van der Waals surface area (Å²) >= 11 is 3.41. The van der Waals surface area contributed by atoms with Crippen molar-refractivity contribution in [1.29, 1.82) is 0 Å². The lowest BCUT2D eigenvalue weighted by atomic mass is 10.1. The van der Waals surface area contributed by atoms with Gasteiger partial charge in [-0.05, 0) is 40.2 Å². The molecule has 3 aromatic rings. The molecule has 1 N–H and O–H groups in total. The largest absolute Gasteiger partial charge is 0.321 e. The van der Waals surface area contributed by atoms with Gasteiger partial charge in [0.2, 0.25) is 0 Å². The predicted molar refractivity (Wildman–Crippen MR) is 91.8 cm³/mol. The smallest absolute Gasteiger partial charge is 0.257 e. The van der Waals surface area contributed by atoms with E-state index in [0.29, 0.717) is 5.56 Å². The number of benzene rings is 2. The molecule has 0 spiro atoms. The third-order valence-corrected chi connectivity index (χ3v) is 3.91. The minimum Gasteiger partial charge on any atom is -0.321 e. The number of pyridine rings is 1. The Kier molecular flexibility index (Phi) is 4.30. The number of hydrogen-bond acceptors (Lipinski definition) is 2. The summed E-state index contributed by atoms with van der Waals surface area (Å²) in [4.78, 5) is 16.6. The van der Waals surface area contributed by atoms with E-state index in [4.69, 9.17) is 0 Å². The highest BCUT2D eigenvalue weighted by atomic mass is 79.9. The number of rotatable bonds is 3. The van der Waals surface area contributed by atoms with E-state index in [0.717, 1.165) is 21.4 Å². The van der Waals surface area contributed by atoms with Gasteiger partial charge >= 0.3 is 0 Å². The molecule has 0 fully saturated rings. The van der Waals surface area contributed by atoms with E-state index in [1.807, 2.05) is 60.7 Å². The first-order valence-corrected chi connectivity index (χ1v) is 7.61. The third kappa shape index (κ3) is 3.23. The zero-order chi connectivity index (χ0) is 15.4. The molecule has 108 valence electrons. The van der Waals surface area contributed by atoms with Gasteiger partial charge in [-0.25, -0.2) is 0 Å². The molecule has 0 atom stereocenters. The van der Waals surface area contributed by atoms with Crippen LogP contribution in [0.1, 0.15) is 10.4 Å². The Hall–Kier alpha value is -2.46. The number of anilines is 1. The van der Waals surface area contributed by atoms with Gasteiger partial charge in [0.15, 0.2) is 0 Å². The van der Waals surface area contributed by atoms with E-state index in [-0.39, 0.29) is 5.91 Å². The lowest BCUT2D eigenvalue weighted by Gasteiger charge is -2.07. The summed E-state index contributed by atoms with van der Waals surface area (Å²) in [5, 5.41) is 2.86. The molecule has 4 heteroatoms. The van der Waals surface area contributed by atoms with Crippen molar-refractivity contribution in [3.8, 4) is 11.3 Å². The van der Waals surface area contributed by atoms with Crippen molar-refractivity contribution in [2.24, 2.45) is 0 Å². The molecule has 3 rings (SSSR count). The number of nitrogens with zero attached hydrogens (tertiary/aromatic N) is 1. The Morgan fingerprint density at radius 1 is 0.909 bits per heavy atom. The SMILES string of the molecule is O=C(Nc1ccccc1Br)c1ccc(-c2ccccc2)nc1. The van der Waals surface area contributed by atoms with Crippen LogP contribution in [0.4, 0.5) is 5.69 Å². The van der Waals surface area contributed by atoms with Crippen LogP contribution in [0.25, 0.3) is 11.3 Å². The van der Waals surface area contributed by atoms with Crippen LogP contribution in [0.15, 0.2) is 77.4 Å². The number of hydrogen-bond donors (Lipinski definition) is 1. The monoisotopic (exact) mass is 352 g/mol. The van der Waals surface area contributed by atoms with E-state index < -0.39 is 0 Å². The fraction of sp³-hybridized carbons (Fsp3) is 0. The van der Waals surface area contributed by atoms with Crippen molar-refractivity contribution in [1.82, 2.24) is 4.98 Å². The number of carbonyl (C=O) groups is 1. The van der Waals surface area contributed by atoms with Gasteiger partial charge in [-0.1, -0.05) is 42.5 Å². The summed E-state index contributed by atoms with van der Waals surface area (Å²) in [5.74, 6) is -0.181. The molecule has 0 aliphatic rings.